The highest BCUT2D eigenvalue weighted by Crippen LogP contribution is 2.26. The molecule has 0 saturated heterocycles. The zero-order valence-corrected chi connectivity index (χ0v) is 12.6. The third kappa shape index (κ3) is 2.96. The number of benzene rings is 2. The number of thiophene rings is 1. The van der Waals surface area contributed by atoms with Crippen LogP contribution in [0.5, 0.6) is 0 Å². The Hall–Kier alpha value is -2.19. The molecule has 0 bridgehead atoms. The van der Waals surface area contributed by atoms with Crippen LogP contribution in [0.4, 0.5) is 0 Å². The molecule has 2 heteroatoms. The van der Waals surface area contributed by atoms with Crippen molar-refractivity contribution in [2.75, 3.05) is 0 Å². The second-order valence-corrected chi connectivity index (χ2v) is 6.02. The summed E-state index contributed by atoms with van der Waals surface area (Å²) in [6.45, 7) is 1.97. The average molecular weight is 292 g/mol. The fourth-order valence-electron chi connectivity index (χ4n) is 2.37. The third-order valence-corrected chi connectivity index (χ3v) is 4.69. The van der Waals surface area contributed by atoms with E-state index in [4.69, 9.17) is 0 Å². The van der Waals surface area contributed by atoms with Gasteiger partial charge < -0.3 is 0 Å². The summed E-state index contributed by atoms with van der Waals surface area (Å²) < 4.78 is 0. The average Bonchev–Trinajstić information content (AvgIpc) is 3.09. The van der Waals surface area contributed by atoms with Crippen LogP contribution in [0, 0.1) is 0 Å². The van der Waals surface area contributed by atoms with E-state index in [2.05, 4.69) is 12.1 Å². The first-order valence-corrected chi connectivity index (χ1v) is 7.87. The van der Waals surface area contributed by atoms with Gasteiger partial charge in [-0.2, -0.15) is 0 Å². The molecule has 0 N–H and O–H groups in total. The number of carbonyl (C=O) groups excluding carboxylic acids is 1. The van der Waals surface area contributed by atoms with E-state index in [1.807, 2.05) is 66.9 Å². The van der Waals surface area contributed by atoms with E-state index >= 15 is 0 Å². The maximum absolute atomic E-state index is 12.5. The van der Waals surface area contributed by atoms with Crippen LogP contribution in [0.3, 0.4) is 0 Å². The molecule has 2 aromatic carbocycles. The molecule has 1 unspecified atom stereocenters. The number of carbonyl (C=O) groups is 1. The zero-order chi connectivity index (χ0) is 14.7. The van der Waals surface area contributed by atoms with E-state index in [1.54, 1.807) is 11.3 Å². The summed E-state index contributed by atoms with van der Waals surface area (Å²) >= 11 is 1.63. The first-order valence-electron chi connectivity index (χ1n) is 6.99. The van der Waals surface area contributed by atoms with Gasteiger partial charge in [-0.15, -0.1) is 11.3 Å². The van der Waals surface area contributed by atoms with Gasteiger partial charge in [0.25, 0.3) is 0 Å². The standard InChI is InChI=1S/C19H16OS/c1-14(18-8-5-13-21-18)19(20)17-11-9-16(10-12-17)15-6-3-2-4-7-15/h2-14H,1H3. The molecule has 21 heavy (non-hydrogen) atoms. The molecule has 0 amide bonds. The third-order valence-electron chi connectivity index (χ3n) is 3.64. The minimum atomic E-state index is -0.0763. The summed E-state index contributed by atoms with van der Waals surface area (Å²) in [6, 6.07) is 22.1. The van der Waals surface area contributed by atoms with Gasteiger partial charge in [0.15, 0.2) is 5.78 Å². The van der Waals surface area contributed by atoms with Crippen LogP contribution in [0.15, 0.2) is 72.1 Å². The fraction of sp³-hybridized carbons (Fsp3) is 0.105. The summed E-state index contributed by atoms with van der Waals surface area (Å²) in [5, 5.41) is 2.01. The van der Waals surface area contributed by atoms with E-state index in [0.29, 0.717) is 0 Å². The number of rotatable bonds is 4. The quantitative estimate of drug-likeness (QED) is 0.588. The Morgan fingerprint density at radius 2 is 1.52 bits per heavy atom. The normalized spacial score (nSPS) is 12.0. The van der Waals surface area contributed by atoms with Crippen molar-refractivity contribution < 1.29 is 4.79 Å². The van der Waals surface area contributed by atoms with Gasteiger partial charge in [0, 0.05) is 10.4 Å². The van der Waals surface area contributed by atoms with E-state index in [0.717, 1.165) is 16.0 Å². The van der Waals surface area contributed by atoms with Crippen molar-refractivity contribution in [3.8, 4) is 11.1 Å². The van der Waals surface area contributed by atoms with E-state index in [1.165, 1.54) is 5.56 Å². The van der Waals surface area contributed by atoms with E-state index in [9.17, 15) is 4.79 Å². The molecular formula is C19H16OS. The molecule has 0 spiro atoms. The number of hydrogen-bond donors (Lipinski definition) is 0. The molecule has 0 fully saturated rings. The molecule has 0 aliphatic heterocycles. The molecule has 3 rings (SSSR count). The van der Waals surface area contributed by atoms with Gasteiger partial charge in [0.05, 0.1) is 5.92 Å². The van der Waals surface area contributed by atoms with Crippen LogP contribution >= 0.6 is 11.3 Å². The van der Waals surface area contributed by atoms with E-state index < -0.39 is 0 Å². The van der Waals surface area contributed by atoms with Crippen LogP contribution in [0.1, 0.15) is 28.1 Å². The predicted octanol–water partition coefficient (Wildman–Crippen LogP) is 5.40. The van der Waals surface area contributed by atoms with Crippen LogP contribution in [-0.2, 0) is 0 Å². The largest absolute Gasteiger partial charge is 0.293 e. The van der Waals surface area contributed by atoms with Crippen LogP contribution in [0.2, 0.25) is 0 Å². The first-order chi connectivity index (χ1) is 10.3. The number of ketones is 1. The van der Waals surface area contributed by atoms with Crippen LogP contribution in [-0.4, -0.2) is 5.78 Å². The summed E-state index contributed by atoms with van der Waals surface area (Å²) in [7, 11) is 0. The minimum Gasteiger partial charge on any atom is -0.293 e. The minimum absolute atomic E-state index is 0.0763. The molecule has 1 aromatic heterocycles. The summed E-state index contributed by atoms with van der Waals surface area (Å²) in [5.41, 5.74) is 3.08. The Bertz CT molecular complexity index is 712. The highest BCUT2D eigenvalue weighted by atomic mass is 32.1. The van der Waals surface area contributed by atoms with Gasteiger partial charge in [-0.1, -0.05) is 67.6 Å². The predicted molar refractivity (Wildman–Crippen MR) is 88.9 cm³/mol. The molecule has 0 aliphatic carbocycles. The van der Waals surface area contributed by atoms with Gasteiger partial charge in [0.1, 0.15) is 0 Å². The number of Topliss-reactive ketones (excluding diaryl/α,β-unsaturated/α-hetero) is 1. The van der Waals surface area contributed by atoms with Crippen molar-refractivity contribution in [1.82, 2.24) is 0 Å². The molecule has 0 aliphatic rings. The van der Waals surface area contributed by atoms with Crippen molar-refractivity contribution in [2.45, 2.75) is 12.8 Å². The monoisotopic (exact) mass is 292 g/mol. The highest BCUT2D eigenvalue weighted by Gasteiger charge is 2.17. The Morgan fingerprint density at radius 3 is 2.14 bits per heavy atom. The van der Waals surface area contributed by atoms with Crippen molar-refractivity contribution >= 4 is 17.1 Å². The van der Waals surface area contributed by atoms with Crippen molar-refractivity contribution in [3.63, 3.8) is 0 Å². The van der Waals surface area contributed by atoms with Crippen molar-refractivity contribution in [3.05, 3.63) is 82.6 Å². The Labute approximate surface area is 128 Å². The number of hydrogen-bond acceptors (Lipinski definition) is 2. The SMILES string of the molecule is CC(C(=O)c1ccc(-c2ccccc2)cc1)c1cccs1. The van der Waals surface area contributed by atoms with Gasteiger partial charge in [-0.3, -0.25) is 4.79 Å². The first kappa shape index (κ1) is 13.8. The van der Waals surface area contributed by atoms with Crippen LogP contribution < -0.4 is 0 Å². The maximum Gasteiger partial charge on any atom is 0.170 e. The topological polar surface area (TPSA) is 17.1 Å². The van der Waals surface area contributed by atoms with Crippen molar-refractivity contribution in [1.29, 1.82) is 0 Å². The second-order valence-electron chi connectivity index (χ2n) is 5.04. The lowest BCUT2D eigenvalue weighted by Gasteiger charge is -2.09. The fourth-order valence-corrected chi connectivity index (χ4v) is 3.16. The van der Waals surface area contributed by atoms with Gasteiger partial charge >= 0.3 is 0 Å². The second kappa shape index (κ2) is 6.06. The Balaban J connectivity index is 1.83. The summed E-state index contributed by atoms with van der Waals surface area (Å²) in [6.07, 6.45) is 0. The lowest BCUT2D eigenvalue weighted by Crippen LogP contribution is -2.08. The molecule has 104 valence electrons. The lowest BCUT2D eigenvalue weighted by molar-refractivity contribution is 0.0967. The van der Waals surface area contributed by atoms with Gasteiger partial charge in [0.2, 0.25) is 0 Å². The maximum atomic E-state index is 12.5. The summed E-state index contributed by atoms with van der Waals surface area (Å²) in [4.78, 5) is 13.6. The highest BCUT2D eigenvalue weighted by molar-refractivity contribution is 7.10. The zero-order valence-electron chi connectivity index (χ0n) is 11.8. The lowest BCUT2D eigenvalue weighted by atomic mass is 9.96. The molecule has 1 atom stereocenters. The van der Waals surface area contributed by atoms with Gasteiger partial charge in [-0.05, 0) is 22.6 Å². The van der Waals surface area contributed by atoms with Crippen molar-refractivity contribution in [2.24, 2.45) is 0 Å². The molecule has 0 saturated carbocycles. The molecule has 0 radical (unpaired) electrons. The molecular weight excluding hydrogens is 276 g/mol. The van der Waals surface area contributed by atoms with E-state index in [-0.39, 0.29) is 11.7 Å². The molecule has 1 nitrogen and oxygen atoms in total. The smallest absolute Gasteiger partial charge is 0.170 e. The molecule has 3 aromatic rings. The molecule has 1 heterocycles. The summed E-state index contributed by atoms with van der Waals surface area (Å²) in [5.74, 6) is 0.102. The Morgan fingerprint density at radius 1 is 0.857 bits per heavy atom. The van der Waals surface area contributed by atoms with Gasteiger partial charge in [-0.25, -0.2) is 0 Å². The Kier molecular flexibility index (Phi) is 3.98. The van der Waals surface area contributed by atoms with Crippen LogP contribution in [0.25, 0.3) is 11.1 Å².